The SMILES string of the molecule is CSCC[C@H](N)C(=O)N1CCc2ccc(Cl)cc21. The summed E-state index contributed by atoms with van der Waals surface area (Å²) in [5.41, 5.74) is 8.04. The van der Waals surface area contributed by atoms with Gasteiger partial charge in [-0.25, -0.2) is 0 Å². The van der Waals surface area contributed by atoms with Gasteiger partial charge in [0.15, 0.2) is 0 Å². The van der Waals surface area contributed by atoms with Crippen molar-refractivity contribution in [3.8, 4) is 0 Å². The Balaban J connectivity index is 2.12. The van der Waals surface area contributed by atoms with Crippen molar-refractivity contribution >= 4 is 35.0 Å². The smallest absolute Gasteiger partial charge is 0.243 e. The number of benzene rings is 1. The van der Waals surface area contributed by atoms with Gasteiger partial charge in [0.1, 0.15) is 0 Å². The Labute approximate surface area is 117 Å². The molecule has 0 saturated heterocycles. The molecule has 0 bridgehead atoms. The van der Waals surface area contributed by atoms with Gasteiger partial charge in [0, 0.05) is 17.3 Å². The highest BCUT2D eigenvalue weighted by Crippen LogP contribution is 2.31. The molecule has 2 rings (SSSR count). The van der Waals surface area contributed by atoms with E-state index in [2.05, 4.69) is 0 Å². The van der Waals surface area contributed by atoms with E-state index in [4.69, 9.17) is 17.3 Å². The van der Waals surface area contributed by atoms with Crippen molar-refractivity contribution in [2.24, 2.45) is 5.73 Å². The number of carbonyl (C=O) groups excluding carboxylic acids is 1. The Bertz CT molecular complexity index is 453. The molecule has 1 amide bonds. The van der Waals surface area contributed by atoms with E-state index in [-0.39, 0.29) is 5.91 Å². The maximum absolute atomic E-state index is 12.3. The van der Waals surface area contributed by atoms with E-state index in [1.807, 2.05) is 24.5 Å². The monoisotopic (exact) mass is 284 g/mol. The Morgan fingerprint density at radius 2 is 2.39 bits per heavy atom. The van der Waals surface area contributed by atoms with Crippen molar-refractivity contribution in [1.82, 2.24) is 0 Å². The summed E-state index contributed by atoms with van der Waals surface area (Å²) in [6.45, 7) is 0.710. The molecule has 2 N–H and O–H groups in total. The molecule has 0 spiro atoms. The van der Waals surface area contributed by atoms with Gasteiger partial charge in [0.2, 0.25) is 5.91 Å². The molecule has 0 saturated carbocycles. The summed E-state index contributed by atoms with van der Waals surface area (Å²) in [6.07, 6.45) is 3.61. The third-order valence-electron chi connectivity index (χ3n) is 3.16. The second kappa shape index (κ2) is 5.95. The average molecular weight is 285 g/mol. The molecular formula is C13H17ClN2OS. The van der Waals surface area contributed by atoms with Crippen LogP contribution in [-0.2, 0) is 11.2 Å². The number of anilines is 1. The van der Waals surface area contributed by atoms with E-state index in [9.17, 15) is 4.79 Å². The predicted octanol–water partition coefficient (Wildman–Crippen LogP) is 2.31. The van der Waals surface area contributed by atoms with Crippen LogP contribution in [0.4, 0.5) is 5.69 Å². The molecule has 0 unspecified atom stereocenters. The standard InChI is InChI=1S/C13H17ClN2OS/c1-18-7-5-11(15)13(17)16-6-4-9-2-3-10(14)8-12(9)16/h2-3,8,11H,4-7,15H2,1H3/t11-/m0/s1. The quantitative estimate of drug-likeness (QED) is 0.923. The normalized spacial score (nSPS) is 15.6. The van der Waals surface area contributed by atoms with Gasteiger partial charge in [-0.05, 0) is 42.5 Å². The van der Waals surface area contributed by atoms with Crippen molar-refractivity contribution < 1.29 is 4.79 Å². The van der Waals surface area contributed by atoms with Gasteiger partial charge < -0.3 is 10.6 Å². The van der Waals surface area contributed by atoms with Gasteiger partial charge >= 0.3 is 0 Å². The molecule has 1 heterocycles. The zero-order valence-corrected chi connectivity index (χ0v) is 11.9. The second-order valence-corrected chi connectivity index (χ2v) is 5.82. The van der Waals surface area contributed by atoms with Crippen LogP contribution in [0.15, 0.2) is 18.2 Å². The van der Waals surface area contributed by atoms with Crippen LogP contribution >= 0.6 is 23.4 Å². The molecule has 18 heavy (non-hydrogen) atoms. The lowest BCUT2D eigenvalue weighted by Crippen LogP contribution is -2.43. The zero-order chi connectivity index (χ0) is 13.1. The Morgan fingerprint density at radius 1 is 1.61 bits per heavy atom. The van der Waals surface area contributed by atoms with E-state index < -0.39 is 6.04 Å². The first kappa shape index (κ1) is 13.7. The number of hydrogen-bond acceptors (Lipinski definition) is 3. The zero-order valence-electron chi connectivity index (χ0n) is 10.4. The number of hydrogen-bond donors (Lipinski definition) is 1. The molecule has 0 fully saturated rings. The highest BCUT2D eigenvalue weighted by atomic mass is 35.5. The minimum Gasteiger partial charge on any atom is -0.320 e. The van der Waals surface area contributed by atoms with Crippen LogP contribution in [0.3, 0.4) is 0 Å². The van der Waals surface area contributed by atoms with E-state index >= 15 is 0 Å². The van der Waals surface area contributed by atoms with Gasteiger partial charge in [-0.15, -0.1) is 0 Å². The van der Waals surface area contributed by atoms with Crippen LogP contribution in [0.5, 0.6) is 0 Å². The van der Waals surface area contributed by atoms with Crippen LogP contribution in [-0.4, -0.2) is 30.5 Å². The summed E-state index contributed by atoms with van der Waals surface area (Å²) < 4.78 is 0. The van der Waals surface area contributed by atoms with Crippen molar-refractivity contribution in [2.75, 3.05) is 23.5 Å². The van der Waals surface area contributed by atoms with Gasteiger partial charge in [-0.3, -0.25) is 4.79 Å². The molecule has 0 aliphatic carbocycles. The topological polar surface area (TPSA) is 46.3 Å². The lowest BCUT2D eigenvalue weighted by atomic mass is 10.1. The van der Waals surface area contributed by atoms with Crippen molar-refractivity contribution in [1.29, 1.82) is 0 Å². The molecule has 1 aromatic carbocycles. The number of nitrogens with two attached hydrogens (primary N) is 1. The molecule has 3 nitrogen and oxygen atoms in total. The maximum Gasteiger partial charge on any atom is 0.243 e. The summed E-state index contributed by atoms with van der Waals surface area (Å²) in [5.74, 6) is 0.911. The van der Waals surface area contributed by atoms with Gasteiger partial charge in [-0.1, -0.05) is 17.7 Å². The molecule has 98 valence electrons. The molecule has 0 aromatic heterocycles. The van der Waals surface area contributed by atoms with Gasteiger partial charge in [0.05, 0.1) is 6.04 Å². The van der Waals surface area contributed by atoms with E-state index in [1.54, 1.807) is 16.7 Å². The number of halogens is 1. The first-order valence-corrected chi connectivity index (χ1v) is 7.75. The minimum absolute atomic E-state index is 0.00469. The highest BCUT2D eigenvalue weighted by molar-refractivity contribution is 7.98. The Kier molecular flexibility index (Phi) is 4.54. The average Bonchev–Trinajstić information content (AvgIpc) is 2.77. The fourth-order valence-corrected chi connectivity index (χ4v) is 2.81. The lowest BCUT2D eigenvalue weighted by Gasteiger charge is -2.21. The number of thioether (sulfide) groups is 1. The summed E-state index contributed by atoms with van der Waals surface area (Å²) in [4.78, 5) is 14.0. The van der Waals surface area contributed by atoms with Crippen molar-refractivity contribution in [2.45, 2.75) is 18.9 Å². The Hall–Kier alpha value is -0.710. The maximum atomic E-state index is 12.3. The summed E-state index contributed by atoms with van der Waals surface area (Å²) in [6, 6.07) is 5.28. The molecular weight excluding hydrogens is 268 g/mol. The van der Waals surface area contributed by atoms with E-state index in [0.717, 1.165) is 17.9 Å². The number of fused-ring (bicyclic) bond motifs is 1. The molecule has 0 radical (unpaired) electrons. The predicted molar refractivity (Wildman–Crippen MR) is 78.5 cm³/mol. The molecule has 1 aromatic rings. The number of nitrogens with zero attached hydrogens (tertiary/aromatic N) is 1. The van der Waals surface area contributed by atoms with Crippen molar-refractivity contribution in [3.63, 3.8) is 0 Å². The third-order valence-corrected chi connectivity index (χ3v) is 4.04. The first-order chi connectivity index (χ1) is 8.63. The van der Waals surface area contributed by atoms with Crippen LogP contribution in [0.2, 0.25) is 5.02 Å². The first-order valence-electron chi connectivity index (χ1n) is 5.98. The fourth-order valence-electron chi connectivity index (χ4n) is 2.15. The van der Waals surface area contributed by atoms with Crippen LogP contribution in [0.25, 0.3) is 0 Å². The van der Waals surface area contributed by atoms with E-state index in [0.29, 0.717) is 18.0 Å². The second-order valence-electron chi connectivity index (χ2n) is 4.40. The Morgan fingerprint density at radius 3 is 3.11 bits per heavy atom. The molecule has 1 aliphatic rings. The van der Waals surface area contributed by atoms with Crippen LogP contribution < -0.4 is 10.6 Å². The van der Waals surface area contributed by atoms with Crippen LogP contribution in [0, 0.1) is 0 Å². The highest BCUT2D eigenvalue weighted by Gasteiger charge is 2.28. The molecule has 1 atom stereocenters. The third kappa shape index (κ3) is 2.82. The molecule has 1 aliphatic heterocycles. The largest absolute Gasteiger partial charge is 0.320 e. The van der Waals surface area contributed by atoms with E-state index in [1.165, 1.54) is 5.56 Å². The number of rotatable bonds is 4. The van der Waals surface area contributed by atoms with Crippen LogP contribution in [0.1, 0.15) is 12.0 Å². The van der Waals surface area contributed by atoms with Gasteiger partial charge in [0.25, 0.3) is 0 Å². The fraction of sp³-hybridized carbons (Fsp3) is 0.462. The van der Waals surface area contributed by atoms with Crippen molar-refractivity contribution in [3.05, 3.63) is 28.8 Å². The number of amides is 1. The summed E-state index contributed by atoms with van der Waals surface area (Å²) in [5, 5.41) is 0.658. The summed E-state index contributed by atoms with van der Waals surface area (Å²) >= 11 is 7.69. The minimum atomic E-state index is -0.414. The summed E-state index contributed by atoms with van der Waals surface area (Å²) in [7, 11) is 0. The molecule has 5 heteroatoms. The van der Waals surface area contributed by atoms with Gasteiger partial charge in [-0.2, -0.15) is 11.8 Å². The lowest BCUT2D eigenvalue weighted by molar-refractivity contribution is -0.119. The number of carbonyl (C=O) groups is 1.